The second-order valence-electron chi connectivity index (χ2n) is 5.77. The summed E-state index contributed by atoms with van der Waals surface area (Å²) in [7, 11) is 1.75. The third-order valence-electron chi connectivity index (χ3n) is 3.55. The molecule has 0 saturated carbocycles. The zero-order chi connectivity index (χ0) is 14.8. The van der Waals surface area contributed by atoms with E-state index in [4.69, 9.17) is 4.74 Å². The maximum Gasteiger partial charge on any atom is 0.0587 e. The molecule has 0 aromatic heterocycles. The van der Waals surface area contributed by atoms with E-state index >= 15 is 0 Å². The van der Waals surface area contributed by atoms with Gasteiger partial charge < -0.3 is 10.1 Å². The Bertz CT molecular complexity index is 351. The van der Waals surface area contributed by atoms with Crippen molar-refractivity contribution in [3.63, 3.8) is 0 Å². The number of hydrogen-bond donors (Lipinski definition) is 1. The molecule has 1 unspecified atom stereocenters. The quantitative estimate of drug-likeness (QED) is 0.628. The fourth-order valence-electron chi connectivity index (χ4n) is 2.34. The molecule has 2 nitrogen and oxygen atoms in total. The molecule has 0 saturated heterocycles. The maximum absolute atomic E-state index is 5.09. The van der Waals surface area contributed by atoms with E-state index in [0.717, 1.165) is 30.1 Å². The second-order valence-corrected chi connectivity index (χ2v) is 6.69. The number of rotatable bonds is 10. The summed E-state index contributed by atoms with van der Waals surface area (Å²) in [5, 5.41) is 3.50. The summed E-state index contributed by atoms with van der Waals surface area (Å²) in [5.74, 6) is 1.39. The van der Waals surface area contributed by atoms with Crippen molar-refractivity contribution in [3.8, 4) is 0 Å². The van der Waals surface area contributed by atoms with Gasteiger partial charge in [0.25, 0.3) is 0 Å². The van der Waals surface area contributed by atoms with Crippen LogP contribution in [-0.2, 0) is 4.74 Å². The number of benzene rings is 1. The SMILES string of the molecule is COCCNCC(CCCC(C)C)c1ccc(Br)cc1. The highest BCUT2D eigenvalue weighted by Gasteiger charge is 2.11. The number of halogens is 1. The van der Waals surface area contributed by atoms with Crippen molar-refractivity contribution in [3.05, 3.63) is 34.3 Å². The molecule has 20 heavy (non-hydrogen) atoms. The standard InChI is InChI=1S/C17H28BrNO/c1-14(2)5-4-6-16(13-19-11-12-20-3)15-7-9-17(18)10-8-15/h7-10,14,16,19H,4-6,11-13H2,1-3H3. The molecule has 0 aliphatic carbocycles. The largest absolute Gasteiger partial charge is 0.383 e. The van der Waals surface area contributed by atoms with Crippen LogP contribution in [0, 0.1) is 5.92 Å². The van der Waals surface area contributed by atoms with Gasteiger partial charge in [0.2, 0.25) is 0 Å². The van der Waals surface area contributed by atoms with Gasteiger partial charge in [-0.15, -0.1) is 0 Å². The molecule has 3 heteroatoms. The Morgan fingerprint density at radius 2 is 1.85 bits per heavy atom. The number of methoxy groups -OCH3 is 1. The van der Waals surface area contributed by atoms with Gasteiger partial charge in [-0.3, -0.25) is 0 Å². The van der Waals surface area contributed by atoms with Crippen LogP contribution in [0.5, 0.6) is 0 Å². The molecule has 0 heterocycles. The van der Waals surface area contributed by atoms with Crippen molar-refractivity contribution in [1.82, 2.24) is 5.32 Å². The average molecular weight is 342 g/mol. The summed E-state index contributed by atoms with van der Waals surface area (Å²) >= 11 is 3.51. The smallest absolute Gasteiger partial charge is 0.0587 e. The lowest BCUT2D eigenvalue weighted by Crippen LogP contribution is -2.25. The highest BCUT2D eigenvalue weighted by Crippen LogP contribution is 2.24. The minimum absolute atomic E-state index is 0.596. The highest BCUT2D eigenvalue weighted by molar-refractivity contribution is 9.10. The van der Waals surface area contributed by atoms with E-state index < -0.39 is 0 Å². The molecule has 0 aliphatic rings. The summed E-state index contributed by atoms with van der Waals surface area (Å²) < 4.78 is 6.24. The summed E-state index contributed by atoms with van der Waals surface area (Å²) in [6, 6.07) is 8.75. The third kappa shape index (κ3) is 7.41. The summed E-state index contributed by atoms with van der Waals surface area (Å²) in [4.78, 5) is 0. The van der Waals surface area contributed by atoms with E-state index in [-0.39, 0.29) is 0 Å². The van der Waals surface area contributed by atoms with E-state index in [0.29, 0.717) is 5.92 Å². The van der Waals surface area contributed by atoms with Gasteiger partial charge in [-0.2, -0.15) is 0 Å². The molecule has 1 rings (SSSR count). The Morgan fingerprint density at radius 1 is 1.15 bits per heavy atom. The van der Waals surface area contributed by atoms with Gasteiger partial charge in [0, 0.05) is 24.7 Å². The van der Waals surface area contributed by atoms with Crippen molar-refractivity contribution in [2.75, 3.05) is 26.8 Å². The first-order chi connectivity index (χ1) is 9.63. The molecule has 0 amide bonds. The molecule has 1 aromatic carbocycles. The van der Waals surface area contributed by atoms with Crippen molar-refractivity contribution in [2.45, 2.75) is 39.0 Å². The van der Waals surface area contributed by atoms with Gasteiger partial charge in [-0.25, -0.2) is 0 Å². The highest BCUT2D eigenvalue weighted by atomic mass is 79.9. The topological polar surface area (TPSA) is 21.3 Å². The van der Waals surface area contributed by atoms with Crippen LogP contribution >= 0.6 is 15.9 Å². The monoisotopic (exact) mass is 341 g/mol. The Balaban J connectivity index is 2.51. The van der Waals surface area contributed by atoms with Crippen LogP contribution in [0.1, 0.15) is 44.6 Å². The molecule has 114 valence electrons. The van der Waals surface area contributed by atoms with Crippen molar-refractivity contribution in [2.24, 2.45) is 5.92 Å². The van der Waals surface area contributed by atoms with Crippen LogP contribution in [0.2, 0.25) is 0 Å². The molecule has 0 fully saturated rings. The van der Waals surface area contributed by atoms with Crippen LogP contribution in [0.15, 0.2) is 28.7 Å². The third-order valence-corrected chi connectivity index (χ3v) is 4.08. The van der Waals surface area contributed by atoms with Crippen LogP contribution < -0.4 is 5.32 Å². The summed E-state index contributed by atoms with van der Waals surface area (Å²) in [5.41, 5.74) is 1.43. The Hall–Kier alpha value is -0.380. The number of nitrogens with one attached hydrogen (secondary N) is 1. The Labute approximate surface area is 132 Å². The van der Waals surface area contributed by atoms with Gasteiger partial charge in [-0.1, -0.05) is 54.8 Å². The lowest BCUT2D eigenvalue weighted by molar-refractivity contribution is 0.198. The normalized spacial score (nSPS) is 12.8. The first-order valence-corrected chi connectivity index (χ1v) is 8.38. The van der Waals surface area contributed by atoms with Crippen molar-refractivity contribution < 1.29 is 4.74 Å². The number of hydrogen-bond acceptors (Lipinski definition) is 2. The van der Waals surface area contributed by atoms with Crippen LogP contribution in [0.4, 0.5) is 0 Å². The first kappa shape index (κ1) is 17.7. The lowest BCUT2D eigenvalue weighted by Gasteiger charge is -2.19. The van der Waals surface area contributed by atoms with Gasteiger partial charge in [0.15, 0.2) is 0 Å². The molecule has 1 aromatic rings. The van der Waals surface area contributed by atoms with Gasteiger partial charge >= 0.3 is 0 Å². The second kappa shape index (κ2) is 10.4. The fourth-order valence-corrected chi connectivity index (χ4v) is 2.61. The lowest BCUT2D eigenvalue weighted by atomic mass is 9.92. The summed E-state index contributed by atoms with van der Waals surface area (Å²) in [6.45, 7) is 7.33. The Kier molecular flexibility index (Phi) is 9.16. The average Bonchev–Trinajstić information content (AvgIpc) is 2.42. The Morgan fingerprint density at radius 3 is 2.45 bits per heavy atom. The van der Waals surface area contributed by atoms with Crippen LogP contribution in [-0.4, -0.2) is 26.8 Å². The predicted octanol–water partition coefficient (Wildman–Crippen LogP) is 4.60. The van der Waals surface area contributed by atoms with Gasteiger partial charge in [-0.05, 0) is 36.0 Å². The van der Waals surface area contributed by atoms with E-state index in [2.05, 4.69) is 59.4 Å². The molecule has 0 spiro atoms. The zero-order valence-corrected chi connectivity index (χ0v) is 14.6. The van der Waals surface area contributed by atoms with Crippen molar-refractivity contribution >= 4 is 15.9 Å². The van der Waals surface area contributed by atoms with Crippen LogP contribution in [0.3, 0.4) is 0 Å². The predicted molar refractivity (Wildman–Crippen MR) is 90.3 cm³/mol. The first-order valence-electron chi connectivity index (χ1n) is 7.58. The molecule has 0 bridgehead atoms. The van der Waals surface area contributed by atoms with E-state index in [9.17, 15) is 0 Å². The minimum atomic E-state index is 0.596. The number of ether oxygens (including phenoxy) is 1. The molecule has 0 aliphatic heterocycles. The summed E-state index contributed by atoms with van der Waals surface area (Å²) in [6.07, 6.45) is 3.86. The van der Waals surface area contributed by atoms with E-state index in [1.54, 1.807) is 7.11 Å². The van der Waals surface area contributed by atoms with Gasteiger partial charge in [0.05, 0.1) is 6.61 Å². The molecule has 1 N–H and O–H groups in total. The molecule has 0 radical (unpaired) electrons. The van der Waals surface area contributed by atoms with E-state index in [1.165, 1.54) is 24.8 Å². The molecule has 1 atom stereocenters. The van der Waals surface area contributed by atoms with Gasteiger partial charge in [0.1, 0.15) is 0 Å². The zero-order valence-electron chi connectivity index (χ0n) is 13.0. The fraction of sp³-hybridized carbons (Fsp3) is 0.647. The van der Waals surface area contributed by atoms with Crippen molar-refractivity contribution in [1.29, 1.82) is 0 Å². The molecular formula is C17H28BrNO. The molecular weight excluding hydrogens is 314 g/mol. The van der Waals surface area contributed by atoms with Crippen LogP contribution in [0.25, 0.3) is 0 Å². The maximum atomic E-state index is 5.09. The minimum Gasteiger partial charge on any atom is -0.383 e. The van der Waals surface area contributed by atoms with E-state index in [1.807, 2.05) is 0 Å².